The first-order chi connectivity index (χ1) is 30.7. The van der Waals surface area contributed by atoms with Gasteiger partial charge in [-0.1, -0.05) is 30.3 Å². The molecule has 2 aliphatic rings. The Bertz CT molecular complexity index is 2100. The molecule has 2 aromatic carbocycles. The number of nitrogens with zero attached hydrogens (tertiary/aromatic N) is 4. The van der Waals surface area contributed by atoms with Gasteiger partial charge in [-0.25, -0.2) is 9.78 Å². The van der Waals surface area contributed by atoms with Crippen LogP contribution in [0.1, 0.15) is 74.8 Å². The summed E-state index contributed by atoms with van der Waals surface area (Å²) in [6, 6.07) is 9.35. The van der Waals surface area contributed by atoms with Crippen molar-refractivity contribution in [3.63, 3.8) is 0 Å². The van der Waals surface area contributed by atoms with Crippen molar-refractivity contribution in [1.29, 1.82) is 0 Å². The van der Waals surface area contributed by atoms with E-state index in [9.17, 15) is 39.0 Å². The van der Waals surface area contributed by atoms with Crippen molar-refractivity contribution < 1.29 is 43.7 Å². The predicted octanol–water partition coefficient (Wildman–Crippen LogP) is 1.79. The minimum absolute atomic E-state index is 0.0492. The third-order valence-electron chi connectivity index (χ3n) is 10.7. The van der Waals surface area contributed by atoms with Gasteiger partial charge in [0.2, 0.25) is 29.5 Å². The van der Waals surface area contributed by atoms with Crippen molar-refractivity contribution in [1.82, 2.24) is 30.7 Å². The maximum Gasteiger partial charge on any atom is 0.408 e. The lowest BCUT2D eigenvalue weighted by molar-refractivity contribution is -0.141. The van der Waals surface area contributed by atoms with Crippen LogP contribution < -0.4 is 32.7 Å². The molecule has 19 nitrogen and oxygen atoms in total. The van der Waals surface area contributed by atoms with E-state index in [1.54, 1.807) is 42.5 Å². The fourth-order valence-corrected chi connectivity index (χ4v) is 9.44. The van der Waals surface area contributed by atoms with Crippen molar-refractivity contribution >= 4 is 79.7 Å². The molecule has 10 N–H and O–H groups in total. The van der Waals surface area contributed by atoms with Gasteiger partial charge in [-0.05, 0) is 109 Å². The smallest absolute Gasteiger partial charge is 0.408 e. The highest BCUT2D eigenvalue weighted by Crippen LogP contribution is 2.32. The van der Waals surface area contributed by atoms with Crippen LogP contribution in [0.2, 0.25) is 0 Å². The molecule has 0 unspecified atom stereocenters. The van der Waals surface area contributed by atoms with E-state index in [0.29, 0.717) is 65.7 Å². The summed E-state index contributed by atoms with van der Waals surface area (Å²) in [5.74, 6) is -2.43. The third kappa shape index (κ3) is 14.9. The topological polar surface area (TPSA) is 284 Å². The molecular formula is C43H60N10O9S2. The molecular weight excluding hydrogens is 865 g/mol. The molecule has 0 aliphatic carbocycles. The highest BCUT2D eigenvalue weighted by molar-refractivity contribution is 8.15. The van der Waals surface area contributed by atoms with Crippen LogP contribution in [0.4, 0.5) is 10.5 Å². The number of alkyl carbamates (subject to hydrolysis) is 1. The molecule has 5 atom stereocenters. The number of rotatable bonds is 24. The number of nitrogens with two attached hydrogens (primary N) is 2. The Morgan fingerprint density at radius 2 is 1.66 bits per heavy atom. The van der Waals surface area contributed by atoms with E-state index in [2.05, 4.69) is 31.2 Å². The fourth-order valence-electron chi connectivity index (χ4n) is 7.28. The van der Waals surface area contributed by atoms with E-state index in [4.69, 9.17) is 16.2 Å². The van der Waals surface area contributed by atoms with Crippen LogP contribution in [0.5, 0.6) is 0 Å². The number of carbonyl (C=O) groups is 6. The number of aromatic nitrogens is 1. The second kappa shape index (κ2) is 24.8. The summed E-state index contributed by atoms with van der Waals surface area (Å²) in [5, 5.41) is 31.6. The number of ether oxygens (including phenoxy) is 1. The van der Waals surface area contributed by atoms with Crippen molar-refractivity contribution in [3.8, 4) is 0 Å². The molecule has 5 rings (SSSR count). The highest BCUT2D eigenvalue weighted by Gasteiger charge is 2.39. The Balaban J connectivity index is 1.28. The van der Waals surface area contributed by atoms with Gasteiger partial charge in [0, 0.05) is 24.4 Å². The number of unbranched alkanes of at least 4 members (excludes halogenated alkanes) is 2. The number of fused-ring (bicyclic) bond motifs is 1. The fraction of sp³-hybridized carbons (Fsp3) is 0.535. The average molecular weight is 925 g/mol. The van der Waals surface area contributed by atoms with Crippen LogP contribution >= 0.6 is 23.1 Å². The van der Waals surface area contributed by atoms with Gasteiger partial charge in [0.1, 0.15) is 46.9 Å². The van der Waals surface area contributed by atoms with Gasteiger partial charge in [-0.3, -0.25) is 29.0 Å². The number of primary amides is 1. The molecule has 3 aromatic rings. The van der Waals surface area contributed by atoms with Crippen LogP contribution in [-0.4, -0.2) is 142 Å². The van der Waals surface area contributed by atoms with E-state index >= 15 is 0 Å². The number of aliphatic hydroxyl groups excluding tert-OH is 1. The normalized spacial score (nSPS) is 17.5. The molecule has 64 heavy (non-hydrogen) atoms. The van der Waals surface area contributed by atoms with Crippen LogP contribution in [0.15, 0.2) is 53.5 Å². The first-order valence-electron chi connectivity index (χ1n) is 21.5. The van der Waals surface area contributed by atoms with Gasteiger partial charge in [0.15, 0.2) is 6.29 Å². The summed E-state index contributed by atoms with van der Waals surface area (Å²) in [6.07, 6.45) is 0.998. The zero-order chi connectivity index (χ0) is 46.2. The Hall–Kier alpha value is -5.19. The summed E-state index contributed by atoms with van der Waals surface area (Å²) >= 11 is 2.75. The monoisotopic (exact) mass is 924 g/mol. The Morgan fingerprint density at radius 3 is 2.34 bits per heavy atom. The second-order valence-corrected chi connectivity index (χ2v) is 18.1. The SMILES string of the molecule is CN(C)CCCC[C@H](NC(=O)[C@@H]1CCCN1C(=O)[C@H](CCC(N)=O)NC(=O)OCc1ccccc1)C(=O)N[C@@H](CCCCN)C(=O)Nc1ccc2nc(C3=N[C@@H](C(O)O)CS3)sc2c1. The lowest BCUT2D eigenvalue weighted by Crippen LogP contribution is -2.57. The van der Waals surface area contributed by atoms with E-state index < -0.39 is 72.1 Å². The molecule has 0 spiro atoms. The number of thiazole rings is 1. The number of hydrogen-bond donors (Lipinski definition) is 8. The van der Waals surface area contributed by atoms with Gasteiger partial charge in [0.05, 0.1) is 10.2 Å². The molecule has 0 radical (unpaired) electrons. The quantitative estimate of drug-likeness (QED) is 0.0471. The van der Waals surface area contributed by atoms with E-state index in [0.717, 1.165) is 23.2 Å². The first-order valence-corrected chi connectivity index (χ1v) is 23.3. The number of carbonyl (C=O) groups excluding carboxylic acids is 6. The van der Waals surface area contributed by atoms with Gasteiger partial charge < -0.3 is 57.5 Å². The molecule has 0 bridgehead atoms. The van der Waals surface area contributed by atoms with Gasteiger partial charge in [-0.2, -0.15) is 0 Å². The minimum Gasteiger partial charge on any atom is -0.445 e. The number of amides is 6. The summed E-state index contributed by atoms with van der Waals surface area (Å²) < 4.78 is 6.10. The summed E-state index contributed by atoms with van der Waals surface area (Å²) in [6.45, 7) is 1.29. The number of likely N-dealkylation sites (tertiary alicyclic amines) is 1. The van der Waals surface area contributed by atoms with E-state index in [-0.39, 0.29) is 38.8 Å². The molecule has 0 saturated carbocycles. The van der Waals surface area contributed by atoms with Crippen LogP contribution in [0.3, 0.4) is 0 Å². The van der Waals surface area contributed by atoms with Gasteiger partial charge in [-0.15, -0.1) is 23.1 Å². The molecule has 6 amide bonds. The Morgan fingerprint density at radius 1 is 0.922 bits per heavy atom. The number of aliphatic imine (C=N–C) groups is 1. The summed E-state index contributed by atoms with van der Waals surface area (Å²) in [7, 11) is 3.87. The van der Waals surface area contributed by atoms with Crippen LogP contribution in [0.25, 0.3) is 10.2 Å². The molecule has 1 fully saturated rings. The average Bonchev–Trinajstić information content (AvgIpc) is 4.06. The predicted molar refractivity (Wildman–Crippen MR) is 245 cm³/mol. The number of benzene rings is 2. The Kier molecular flexibility index (Phi) is 19.3. The maximum atomic E-state index is 14.2. The summed E-state index contributed by atoms with van der Waals surface area (Å²) in [4.78, 5) is 93.1. The zero-order valence-corrected chi connectivity index (χ0v) is 37.8. The summed E-state index contributed by atoms with van der Waals surface area (Å²) in [5.41, 5.74) is 13.1. The molecule has 3 heterocycles. The maximum absolute atomic E-state index is 14.2. The molecule has 21 heteroatoms. The minimum atomic E-state index is -1.56. The second-order valence-electron chi connectivity index (χ2n) is 16.1. The Labute approximate surface area is 380 Å². The van der Waals surface area contributed by atoms with Crippen LogP contribution in [0, 0.1) is 0 Å². The van der Waals surface area contributed by atoms with Crippen molar-refractivity contribution in [2.45, 2.75) is 107 Å². The van der Waals surface area contributed by atoms with Crippen molar-refractivity contribution in [3.05, 3.63) is 59.1 Å². The lowest BCUT2D eigenvalue weighted by atomic mass is 10.0. The molecule has 2 aliphatic heterocycles. The number of nitrogens with one attached hydrogen (secondary N) is 4. The lowest BCUT2D eigenvalue weighted by Gasteiger charge is -2.30. The van der Waals surface area contributed by atoms with Gasteiger partial charge in [0.25, 0.3) is 0 Å². The standard InChI is InChI=1S/C43H60N10O9S2/c1-52(2)21-9-7-14-30(48-38(57)33-15-10-22-53(33)41(58)31(18-19-35(45)54)51-43(61)62-24-26-11-4-3-5-12-26)37(56)47-29(13-6-8-20-44)36(55)46-27-16-17-28-34(23-27)64-40(49-28)39-50-32(25-63-39)42(59)60/h3-5,11-12,16-17,23,29-33,42,59-60H,6-10,13-15,18-22,24-25,44H2,1-2H3,(H2,45,54)(H,46,55)(H,47,56)(H,48,57)(H,51,61)/t29-,30-,31-,32+,33-/m0/s1. The number of anilines is 1. The van der Waals surface area contributed by atoms with Crippen molar-refractivity contribution in [2.75, 3.05) is 44.8 Å². The first kappa shape index (κ1) is 49.8. The number of thioether (sulfide) groups is 1. The zero-order valence-electron chi connectivity index (χ0n) is 36.2. The number of aliphatic hydroxyl groups is 2. The molecule has 1 aromatic heterocycles. The molecule has 348 valence electrons. The third-order valence-corrected chi connectivity index (χ3v) is 13.0. The van der Waals surface area contributed by atoms with Gasteiger partial charge >= 0.3 is 6.09 Å². The molecule has 1 saturated heterocycles. The highest BCUT2D eigenvalue weighted by atomic mass is 32.2. The van der Waals surface area contributed by atoms with E-state index in [1.165, 1.54) is 28.0 Å². The number of hydrogen-bond acceptors (Lipinski definition) is 15. The largest absolute Gasteiger partial charge is 0.445 e. The van der Waals surface area contributed by atoms with Crippen molar-refractivity contribution in [2.24, 2.45) is 16.5 Å². The van der Waals surface area contributed by atoms with Crippen LogP contribution in [-0.2, 0) is 35.3 Å². The van der Waals surface area contributed by atoms with E-state index in [1.807, 2.05) is 25.1 Å².